The zero-order chi connectivity index (χ0) is 22.8. The molecule has 0 bridgehead atoms. The predicted molar refractivity (Wildman–Crippen MR) is 126 cm³/mol. The van der Waals surface area contributed by atoms with E-state index in [0.717, 1.165) is 36.9 Å². The van der Waals surface area contributed by atoms with Crippen LogP contribution in [0.25, 0.3) is 0 Å². The van der Waals surface area contributed by atoms with Crippen LogP contribution in [0, 0.1) is 0 Å². The van der Waals surface area contributed by atoms with Crippen molar-refractivity contribution in [3.63, 3.8) is 0 Å². The minimum absolute atomic E-state index is 0.166. The van der Waals surface area contributed by atoms with E-state index < -0.39 is 0 Å². The van der Waals surface area contributed by atoms with E-state index in [0.29, 0.717) is 30.3 Å². The molecule has 3 rings (SSSR count). The number of aliphatic imine (C=N–C) groups is 1. The predicted octanol–water partition coefficient (Wildman–Crippen LogP) is 3.59. The van der Waals surface area contributed by atoms with Gasteiger partial charge < -0.3 is 29.3 Å². The highest BCUT2D eigenvalue weighted by atomic mass is 16.5. The highest BCUT2D eigenvalue weighted by molar-refractivity contribution is 5.79. The van der Waals surface area contributed by atoms with Crippen LogP contribution in [0.1, 0.15) is 43.6 Å². The van der Waals surface area contributed by atoms with Crippen LogP contribution in [0.4, 0.5) is 0 Å². The molecular weight excluding hydrogens is 408 g/mol. The molecule has 32 heavy (non-hydrogen) atoms. The first-order chi connectivity index (χ1) is 15.7. The highest BCUT2D eigenvalue weighted by Crippen LogP contribution is 2.34. The SMILES string of the molecule is CCNC(=NCc1c(OC)cc(OC)cc1OC)NCC(c1ccco1)N1CCCCC1. The molecule has 8 heteroatoms. The van der Waals surface area contributed by atoms with E-state index in [-0.39, 0.29) is 6.04 Å². The molecule has 0 radical (unpaired) electrons. The molecule has 1 aromatic carbocycles. The third-order valence-electron chi connectivity index (χ3n) is 5.72. The summed E-state index contributed by atoms with van der Waals surface area (Å²) in [5, 5.41) is 6.84. The Kier molecular flexibility index (Phi) is 9.10. The fourth-order valence-corrected chi connectivity index (χ4v) is 4.05. The number of nitrogens with zero attached hydrogens (tertiary/aromatic N) is 2. The van der Waals surface area contributed by atoms with Gasteiger partial charge in [-0.15, -0.1) is 0 Å². The molecule has 0 aliphatic carbocycles. The van der Waals surface area contributed by atoms with Crippen LogP contribution in [-0.2, 0) is 6.54 Å². The number of likely N-dealkylation sites (tertiary alicyclic amines) is 1. The average molecular weight is 445 g/mol. The van der Waals surface area contributed by atoms with Gasteiger partial charge in [0.2, 0.25) is 0 Å². The Bertz CT molecular complexity index is 823. The number of hydrogen-bond donors (Lipinski definition) is 2. The second-order valence-electron chi connectivity index (χ2n) is 7.71. The third-order valence-corrected chi connectivity index (χ3v) is 5.72. The van der Waals surface area contributed by atoms with Gasteiger partial charge in [0.05, 0.1) is 45.7 Å². The number of hydrogen-bond acceptors (Lipinski definition) is 6. The van der Waals surface area contributed by atoms with E-state index in [9.17, 15) is 0 Å². The van der Waals surface area contributed by atoms with Crippen molar-refractivity contribution in [2.45, 2.75) is 38.8 Å². The number of guanidine groups is 1. The number of methoxy groups -OCH3 is 3. The Morgan fingerprint density at radius 1 is 1.06 bits per heavy atom. The van der Waals surface area contributed by atoms with Crippen molar-refractivity contribution in [3.8, 4) is 17.2 Å². The van der Waals surface area contributed by atoms with Crippen LogP contribution in [0.3, 0.4) is 0 Å². The van der Waals surface area contributed by atoms with E-state index in [4.69, 9.17) is 23.6 Å². The Morgan fingerprint density at radius 2 is 1.78 bits per heavy atom. The van der Waals surface area contributed by atoms with Crippen molar-refractivity contribution in [1.29, 1.82) is 0 Å². The molecule has 176 valence electrons. The monoisotopic (exact) mass is 444 g/mol. The normalized spacial score (nSPS) is 15.8. The summed E-state index contributed by atoms with van der Waals surface area (Å²) in [7, 11) is 4.89. The lowest BCUT2D eigenvalue weighted by Gasteiger charge is -2.33. The van der Waals surface area contributed by atoms with E-state index in [2.05, 4.69) is 28.5 Å². The van der Waals surface area contributed by atoms with E-state index >= 15 is 0 Å². The summed E-state index contributed by atoms with van der Waals surface area (Å²) in [6.45, 7) is 6.09. The average Bonchev–Trinajstić information content (AvgIpc) is 3.37. The molecule has 8 nitrogen and oxygen atoms in total. The maximum absolute atomic E-state index is 5.77. The Balaban J connectivity index is 1.76. The van der Waals surface area contributed by atoms with Gasteiger partial charge in [0, 0.05) is 25.2 Å². The van der Waals surface area contributed by atoms with Gasteiger partial charge in [-0.1, -0.05) is 6.42 Å². The number of piperidine rings is 1. The maximum atomic E-state index is 5.77. The number of furan rings is 1. The van der Waals surface area contributed by atoms with Crippen LogP contribution in [0.2, 0.25) is 0 Å². The van der Waals surface area contributed by atoms with Gasteiger partial charge in [0.15, 0.2) is 5.96 Å². The lowest BCUT2D eigenvalue weighted by Crippen LogP contribution is -2.44. The van der Waals surface area contributed by atoms with E-state index in [1.165, 1.54) is 19.3 Å². The molecule has 1 atom stereocenters. The van der Waals surface area contributed by atoms with E-state index in [1.807, 2.05) is 18.2 Å². The standard InChI is InChI=1S/C24H36N4O4/c1-5-25-24(26-16-19-22(30-3)14-18(29-2)15-23(19)31-4)27-17-20(21-10-9-13-32-21)28-11-7-6-8-12-28/h9-10,13-15,20H,5-8,11-12,16-17H2,1-4H3,(H2,25,26,27). The molecule has 0 amide bonds. The zero-order valence-corrected chi connectivity index (χ0v) is 19.6. The van der Waals surface area contributed by atoms with Crippen LogP contribution in [0.5, 0.6) is 17.2 Å². The lowest BCUT2D eigenvalue weighted by atomic mass is 10.1. The fourth-order valence-electron chi connectivity index (χ4n) is 4.05. The van der Waals surface area contributed by atoms with Crippen molar-refractivity contribution in [2.24, 2.45) is 4.99 Å². The maximum Gasteiger partial charge on any atom is 0.191 e. The summed E-state index contributed by atoms with van der Waals surface area (Å²) in [6.07, 6.45) is 5.49. The molecule has 0 spiro atoms. The second kappa shape index (κ2) is 12.2. The number of ether oxygens (including phenoxy) is 3. The van der Waals surface area contributed by atoms with Gasteiger partial charge in [-0.05, 0) is 45.0 Å². The molecule has 2 aromatic rings. The Labute approximate surface area is 190 Å². The Hall–Kier alpha value is -2.87. The zero-order valence-electron chi connectivity index (χ0n) is 19.6. The lowest BCUT2D eigenvalue weighted by molar-refractivity contribution is 0.146. The van der Waals surface area contributed by atoms with Gasteiger partial charge >= 0.3 is 0 Å². The van der Waals surface area contributed by atoms with Crippen LogP contribution in [0.15, 0.2) is 39.9 Å². The molecule has 2 N–H and O–H groups in total. The molecule has 1 aliphatic heterocycles. The van der Waals surface area contributed by atoms with Gasteiger partial charge in [-0.2, -0.15) is 0 Å². The molecule has 1 saturated heterocycles. The molecular formula is C24H36N4O4. The van der Waals surface area contributed by atoms with Crippen LogP contribution >= 0.6 is 0 Å². The molecule has 1 aliphatic rings. The van der Waals surface area contributed by atoms with Crippen molar-refractivity contribution in [3.05, 3.63) is 41.9 Å². The van der Waals surface area contributed by atoms with Gasteiger partial charge in [-0.3, -0.25) is 4.90 Å². The summed E-state index contributed by atoms with van der Waals surface area (Å²) >= 11 is 0. The summed E-state index contributed by atoms with van der Waals surface area (Å²) in [5.41, 5.74) is 0.867. The highest BCUT2D eigenvalue weighted by Gasteiger charge is 2.24. The number of nitrogens with one attached hydrogen (secondary N) is 2. The Morgan fingerprint density at radius 3 is 2.34 bits per heavy atom. The summed E-state index contributed by atoms with van der Waals surface area (Å²) in [4.78, 5) is 7.29. The van der Waals surface area contributed by atoms with E-state index in [1.54, 1.807) is 27.6 Å². The second-order valence-corrected chi connectivity index (χ2v) is 7.71. The topological polar surface area (TPSA) is 80.5 Å². The van der Waals surface area contributed by atoms with Gasteiger partial charge in [-0.25, -0.2) is 4.99 Å². The molecule has 1 unspecified atom stereocenters. The molecule has 2 heterocycles. The first kappa shape index (κ1) is 23.8. The third kappa shape index (κ3) is 6.09. The minimum Gasteiger partial charge on any atom is -0.496 e. The number of benzene rings is 1. The number of rotatable bonds is 10. The quantitative estimate of drug-likeness (QED) is 0.428. The fraction of sp³-hybridized carbons (Fsp3) is 0.542. The minimum atomic E-state index is 0.166. The van der Waals surface area contributed by atoms with Gasteiger partial charge in [0.25, 0.3) is 0 Å². The largest absolute Gasteiger partial charge is 0.496 e. The summed E-state index contributed by atoms with van der Waals surface area (Å²) in [5.74, 6) is 3.76. The van der Waals surface area contributed by atoms with Crippen molar-refractivity contribution in [2.75, 3.05) is 47.5 Å². The summed E-state index contributed by atoms with van der Waals surface area (Å²) in [6, 6.07) is 7.86. The smallest absolute Gasteiger partial charge is 0.191 e. The molecule has 0 saturated carbocycles. The van der Waals surface area contributed by atoms with Crippen LogP contribution < -0.4 is 24.8 Å². The van der Waals surface area contributed by atoms with Crippen molar-refractivity contribution >= 4 is 5.96 Å². The molecule has 1 aromatic heterocycles. The summed E-state index contributed by atoms with van der Waals surface area (Å²) < 4.78 is 22.2. The van der Waals surface area contributed by atoms with Crippen molar-refractivity contribution in [1.82, 2.24) is 15.5 Å². The first-order valence-corrected chi connectivity index (χ1v) is 11.3. The van der Waals surface area contributed by atoms with Gasteiger partial charge in [0.1, 0.15) is 23.0 Å². The molecule has 1 fully saturated rings. The van der Waals surface area contributed by atoms with Crippen molar-refractivity contribution < 1.29 is 18.6 Å². The van der Waals surface area contributed by atoms with Crippen LogP contribution in [-0.4, -0.2) is 58.4 Å². The first-order valence-electron chi connectivity index (χ1n) is 11.3.